The number of nitriles is 1. The number of nitrogens with zero attached hydrogens (tertiary/aromatic N) is 2. The summed E-state index contributed by atoms with van der Waals surface area (Å²) in [6.07, 6.45) is 2.58. The Labute approximate surface area is 111 Å². The van der Waals surface area contributed by atoms with E-state index in [1.807, 2.05) is 12.1 Å². The summed E-state index contributed by atoms with van der Waals surface area (Å²) in [7, 11) is 0. The Hall–Kier alpha value is -1.01. The summed E-state index contributed by atoms with van der Waals surface area (Å²) in [5, 5.41) is 8.87. The Morgan fingerprint density at radius 2 is 2.18 bits per heavy atom. The molecular weight excluding hydrogens is 276 g/mol. The maximum absolute atomic E-state index is 8.87. The number of rotatable bonds is 4. The lowest BCUT2D eigenvalue weighted by Gasteiger charge is -2.27. The Kier molecular flexibility index (Phi) is 3.73. The van der Waals surface area contributed by atoms with Gasteiger partial charge < -0.3 is 4.90 Å². The van der Waals surface area contributed by atoms with Crippen LogP contribution in [-0.2, 0) is 0 Å². The first-order valence-electron chi connectivity index (χ1n) is 6.08. The number of hydrogen-bond donors (Lipinski definition) is 0. The summed E-state index contributed by atoms with van der Waals surface area (Å²) in [5.41, 5.74) is 1.93. The van der Waals surface area contributed by atoms with Gasteiger partial charge in [-0.2, -0.15) is 5.26 Å². The van der Waals surface area contributed by atoms with Gasteiger partial charge in [-0.15, -0.1) is 0 Å². The van der Waals surface area contributed by atoms with Gasteiger partial charge in [0, 0.05) is 17.1 Å². The fraction of sp³-hybridized carbons (Fsp3) is 0.500. The highest BCUT2D eigenvalue weighted by Crippen LogP contribution is 2.36. The Morgan fingerprint density at radius 1 is 1.47 bits per heavy atom. The van der Waals surface area contributed by atoms with Crippen LogP contribution >= 0.6 is 15.9 Å². The quantitative estimate of drug-likeness (QED) is 0.840. The zero-order valence-electron chi connectivity index (χ0n) is 10.3. The van der Waals surface area contributed by atoms with E-state index in [-0.39, 0.29) is 0 Å². The average Bonchev–Trinajstić information content (AvgIpc) is 3.09. The number of halogens is 1. The largest absolute Gasteiger partial charge is 0.367 e. The Balaban J connectivity index is 2.26. The van der Waals surface area contributed by atoms with Crippen LogP contribution in [0.3, 0.4) is 0 Å². The zero-order valence-corrected chi connectivity index (χ0v) is 11.9. The molecule has 0 saturated heterocycles. The van der Waals surface area contributed by atoms with E-state index < -0.39 is 0 Å². The molecule has 3 heteroatoms. The highest BCUT2D eigenvalue weighted by molar-refractivity contribution is 9.10. The maximum atomic E-state index is 8.87. The van der Waals surface area contributed by atoms with Crippen molar-refractivity contribution < 1.29 is 0 Å². The molecule has 1 aliphatic carbocycles. The molecule has 0 amide bonds. The molecule has 0 unspecified atom stereocenters. The van der Waals surface area contributed by atoms with Crippen molar-refractivity contribution in [3.8, 4) is 6.07 Å². The molecular formula is C14H17BrN2. The van der Waals surface area contributed by atoms with Gasteiger partial charge in [-0.1, -0.05) is 13.8 Å². The summed E-state index contributed by atoms with van der Waals surface area (Å²) in [6.45, 7) is 5.56. The van der Waals surface area contributed by atoms with Gasteiger partial charge in [0.2, 0.25) is 0 Å². The SMILES string of the molecule is CC(C)CN(c1ccc(C#N)cc1Br)C1CC1. The third-order valence-corrected chi connectivity index (χ3v) is 3.57. The molecule has 17 heavy (non-hydrogen) atoms. The molecule has 2 rings (SSSR count). The van der Waals surface area contributed by atoms with Crippen molar-refractivity contribution in [2.75, 3.05) is 11.4 Å². The molecule has 0 spiro atoms. The lowest BCUT2D eigenvalue weighted by Crippen LogP contribution is -2.30. The fourth-order valence-corrected chi connectivity index (χ4v) is 2.64. The van der Waals surface area contributed by atoms with Crippen LogP contribution in [0.1, 0.15) is 32.3 Å². The van der Waals surface area contributed by atoms with Gasteiger partial charge in [-0.3, -0.25) is 0 Å². The van der Waals surface area contributed by atoms with E-state index in [1.54, 1.807) is 0 Å². The second kappa shape index (κ2) is 5.10. The van der Waals surface area contributed by atoms with Crippen LogP contribution in [0.5, 0.6) is 0 Å². The molecule has 1 aliphatic rings. The third-order valence-electron chi connectivity index (χ3n) is 2.94. The Morgan fingerprint density at radius 3 is 2.65 bits per heavy atom. The average molecular weight is 293 g/mol. The van der Waals surface area contributed by atoms with Gasteiger partial charge >= 0.3 is 0 Å². The Bertz CT molecular complexity index is 444. The van der Waals surface area contributed by atoms with E-state index in [0.29, 0.717) is 17.5 Å². The minimum atomic E-state index is 0.651. The van der Waals surface area contributed by atoms with E-state index in [9.17, 15) is 0 Å². The van der Waals surface area contributed by atoms with Crippen LogP contribution in [-0.4, -0.2) is 12.6 Å². The van der Waals surface area contributed by atoms with Crippen LogP contribution in [0.2, 0.25) is 0 Å². The molecule has 90 valence electrons. The lowest BCUT2D eigenvalue weighted by atomic mass is 10.1. The van der Waals surface area contributed by atoms with Gasteiger partial charge in [0.25, 0.3) is 0 Å². The summed E-state index contributed by atoms with van der Waals surface area (Å²) < 4.78 is 1.03. The van der Waals surface area contributed by atoms with Gasteiger partial charge in [0.05, 0.1) is 17.3 Å². The van der Waals surface area contributed by atoms with Crippen molar-refractivity contribution in [3.63, 3.8) is 0 Å². The van der Waals surface area contributed by atoms with Crippen LogP contribution in [0.4, 0.5) is 5.69 Å². The molecule has 0 heterocycles. The minimum absolute atomic E-state index is 0.651. The van der Waals surface area contributed by atoms with Crippen molar-refractivity contribution in [2.45, 2.75) is 32.7 Å². The van der Waals surface area contributed by atoms with Gasteiger partial charge in [0.1, 0.15) is 0 Å². The molecule has 0 atom stereocenters. The van der Waals surface area contributed by atoms with E-state index >= 15 is 0 Å². The maximum Gasteiger partial charge on any atom is 0.0992 e. The summed E-state index contributed by atoms with van der Waals surface area (Å²) in [4.78, 5) is 2.47. The molecule has 0 N–H and O–H groups in total. The molecule has 0 aliphatic heterocycles. The molecule has 0 radical (unpaired) electrons. The van der Waals surface area contributed by atoms with Crippen LogP contribution < -0.4 is 4.90 Å². The summed E-state index contributed by atoms with van der Waals surface area (Å²) >= 11 is 3.58. The van der Waals surface area contributed by atoms with Crippen molar-refractivity contribution in [3.05, 3.63) is 28.2 Å². The van der Waals surface area contributed by atoms with Crippen LogP contribution in [0.15, 0.2) is 22.7 Å². The standard InChI is InChI=1S/C14H17BrN2/c1-10(2)9-17(12-4-5-12)14-6-3-11(8-16)7-13(14)15/h3,6-7,10,12H,4-5,9H2,1-2H3. The second-order valence-corrected chi connectivity index (χ2v) is 5.91. The lowest BCUT2D eigenvalue weighted by molar-refractivity contribution is 0.606. The highest BCUT2D eigenvalue weighted by Gasteiger charge is 2.30. The number of benzene rings is 1. The third kappa shape index (κ3) is 3.01. The van der Waals surface area contributed by atoms with Crippen molar-refractivity contribution in [1.82, 2.24) is 0 Å². The molecule has 0 aromatic heterocycles. The van der Waals surface area contributed by atoms with Gasteiger partial charge in [-0.05, 0) is 52.9 Å². The molecule has 0 bridgehead atoms. The summed E-state index contributed by atoms with van der Waals surface area (Å²) in [5.74, 6) is 0.651. The van der Waals surface area contributed by atoms with E-state index in [0.717, 1.165) is 11.0 Å². The fourth-order valence-electron chi connectivity index (χ4n) is 2.03. The van der Waals surface area contributed by atoms with E-state index in [4.69, 9.17) is 5.26 Å². The van der Waals surface area contributed by atoms with Gasteiger partial charge in [0.15, 0.2) is 0 Å². The molecule has 1 fully saturated rings. The van der Waals surface area contributed by atoms with E-state index in [1.165, 1.54) is 18.5 Å². The molecule has 1 aromatic carbocycles. The topological polar surface area (TPSA) is 27.0 Å². The highest BCUT2D eigenvalue weighted by atomic mass is 79.9. The van der Waals surface area contributed by atoms with Crippen molar-refractivity contribution in [1.29, 1.82) is 5.26 Å². The normalized spacial score (nSPS) is 14.8. The van der Waals surface area contributed by atoms with Crippen molar-refractivity contribution >= 4 is 21.6 Å². The minimum Gasteiger partial charge on any atom is -0.367 e. The van der Waals surface area contributed by atoms with Crippen LogP contribution in [0, 0.1) is 17.2 Å². The molecule has 1 aromatic rings. The second-order valence-electron chi connectivity index (χ2n) is 5.06. The molecule has 1 saturated carbocycles. The smallest absolute Gasteiger partial charge is 0.0992 e. The number of anilines is 1. The molecule has 2 nitrogen and oxygen atoms in total. The first-order chi connectivity index (χ1) is 8.11. The van der Waals surface area contributed by atoms with Crippen molar-refractivity contribution in [2.24, 2.45) is 5.92 Å². The van der Waals surface area contributed by atoms with Crippen LogP contribution in [0.25, 0.3) is 0 Å². The predicted molar refractivity (Wildman–Crippen MR) is 74.1 cm³/mol. The monoisotopic (exact) mass is 292 g/mol. The first-order valence-corrected chi connectivity index (χ1v) is 6.87. The predicted octanol–water partition coefficient (Wildman–Crippen LogP) is 3.95. The summed E-state index contributed by atoms with van der Waals surface area (Å²) in [6, 6.07) is 8.73. The van der Waals surface area contributed by atoms with Gasteiger partial charge in [-0.25, -0.2) is 0 Å². The first kappa shape index (κ1) is 12.4. The van der Waals surface area contributed by atoms with E-state index in [2.05, 4.69) is 46.8 Å². The zero-order chi connectivity index (χ0) is 12.4. The number of hydrogen-bond acceptors (Lipinski definition) is 2.